The molecule has 3 aromatic rings. The Balaban J connectivity index is 1.68. The van der Waals surface area contributed by atoms with Crippen LogP contribution in [0.4, 0.5) is 13.9 Å². The molecule has 0 aliphatic heterocycles. The van der Waals surface area contributed by atoms with Crippen molar-refractivity contribution in [3.05, 3.63) is 64.2 Å². The van der Waals surface area contributed by atoms with Crippen LogP contribution in [0.3, 0.4) is 0 Å². The van der Waals surface area contributed by atoms with Gasteiger partial charge in [-0.1, -0.05) is 12.1 Å². The van der Waals surface area contributed by atoms with Crippen LogP contribution in [-0.2, 0) is 17.6 Å². The number of ether oxygens (including phenoxy) is 3. The van der Waals surface area contributed by atoms with Crippen LogP contribution in [0, 0.1) is 11.6 Å². The second kappa shape index (κ2) is 9.53. The highest BCUT2D eigenvalue weighted by Crippen LogP contribution is 2.40. The van der Waals surface area contributed by atoms with E-state index in [1.165, 1.54) is 38.7 Å². The van der Waals surface area contributed by atoms with Crippen LogP contribution in [0.1, 0.15) is 16.0 Å². The third-order valence-electron chi connectivity index (χ3n) is 4.30. The number of hydrogen-bond donors (Lipinski definition) is 1. The standard InChI is InChI=1S/C21H20F2N2O4S/c1-27-17-7-5-13(19(28-2)20(17)29-3)10-18(26)25-21-24-11-14(30-21)8-12-4-6-15(22)16(23)9-12/h4-7,9,11H,8,10H2,1-3H3,(H,24,25,26). The third kappa shape index (κ3) is 4.85. The summed E-state index contributed by atoms with van der Waals surface area (Å²) in [4.78, 5) is 17.5. The number of amides is 1. The first-order valence-corrected chi connectivity index (χ1v) is 9.73. The summed E-state index contributed by atoms with van der Waals surface area (Å²) >= 11 is 1.27. The molecule has 0 radical (unpaired) electrons. The first-order chi connectivity index (χ1) is 14.4. The van der Waals surface area contributed by atoms with E-state index in [-0.39, 0.29) is 12.3 Å². The molecule has 0 saturated carbocycles. The number of anilines is 1. The fraction of sp³-hybridized carbons (Fsp3) is 0.238. The summed E-state index contributed by atoms with van der Waals surface area (Å²) in [5, 5.41) is 3.16. The van der Waals surface area contributed by atoms with Gasteiger partial charge in [-0.2, -0.15) is 0 Å². The largest absolute Gasteiger partial charge is 0.493 e. The fourth-order valence-electron chi connectivity index (χ4n) is 2.94. The lowest BCUT2D eigenvalue weighted by atomic mass is 10.1. The van der Waals surface area contributed by atoms with Crippen molar-refractivity contribution in [3.8, 4) is 17.2 Å². The topological polar surface area (TPSA) is 69.7 Å². The Morgan fingerprint density at radius 3 is 2.47 bits per heavy atom. The van der Waals surface area contributed by atoms with Crippen molar-refractivity contribution in [2.45, 2.75) is 12.8 Å². The lowest BCUT2D eigenvalue weighted by molar-refractivity contribution is -0.115. The zero-order valence-corrected chi connectivity index (χ0v) is 17.4. The summed E-state index contributed by atoms with van der Waals surface area (Å²) in [5.74, 6) is -0.732. The number of nitrogens with one attached hydrogen (secondary N) is 1. The van der Waals surface area contributed by atoms with Gasteiger partial charge in [0.25, 0.3) is 0 Å². The van der Waals surface area contributed by atoms with Gasteiger partial charge in [0.05, 0.1) is 27.8 Å². The summed E-state index contributed by atoms with van der Waals surface area (Å²) in [7, 11) is 4.50. The lowest BCUT2D eigenvalue weighted by Crippen LogP contribution is -2.15. The molecule has 1 amide bonds. The van der Waals surface area contributed by atoms with Crippen LogP contribution in [0.25, 0.3) is 0 Å². The van der Waals surface area contributed by atoms with Gasteiger partial charge in [0.15, 0.2) is 28.3 Å². The number of aromatic nitrogens is 1. The van der Waals surface area contributed by atoms with Crippen molar-refractivity contribution >= 4 is 22.4 Å². The highest BCUT2D eigenvalue weighted by molar-refractivity contribution is 7.15. The number of thiazole rings is 1. The minimum atomic E-state index is -0.894. The summed E-state index contributed by atoms with van der Waals surface area (Å²) in [6.45, 7) is 0. The number of benzene rings is 2. The summed E-state index contributed by atoms with van der Waals surface area (Å²) in [5.41, 5.74) is 1.25. The zero-order valence-electron chi connectivity index (χ0n) is 16.6. The molecule has 0 aliphatic carbocycles. The molecule has 2 aromatic carbocycles. The van der Waals surface area contributed by atoms with Gasteiger partial charge in [0, 0.05) is 23.1 Å². The fourth-order valence-corrected chi connectivity index (χ4v) is 3.80. The van der Waals surface area contributed by atoms with Crippen LogP contribution in [0.15, 0.2) is 36.5 Å². The van der Waals surface area contributed by atoms with Gasteiger partial charge >= 0.3 is 0 Å². The Morgan fingerprint density at radius 1 is 1.03 bits per heavy atom. The van der Waals surface area contributed by atoms with E-state index in [0.29, 0.717) is 39.9 Å². The highest BCUT2D eigenvalue weighted by Gasteiger charge is 2.18. The van der Waals surface area contributed by atoms with E-state index in [4.69, 9.17) is 14.2 Å². The van der Waals surface area contributed by atoms with Crippen molar-refractivity contribution in [1.29, 1.82) is 0 Å². The van der Waals surface area contributed by atoms with E-state index in [9.17, 15) is 13.6 Å². The predicted molar refractivity (Wildman–Crippen MR) is 110 cm³/mol. The predicted octanol–water partition coefficient (Wildman–Crippen LogP) is 4.22. The second-order valence-corrected chi connectivity index (χ2v) is 7.39. The SMILES string of the molecule is COc1ccc(CC(=O)Nc2ncc(Cc3ccc(F)c(F)c3)s2)c(OC)c1OC. The molecule has 0 atom stereocenters. The third-order valence-corrected chi connectivity index (χ3v) is 5.21. The van der Waals surface area contributed by atoms with E-state index in [1.807, 2.05) is 0 Å². The van der Waals surface area contributed by atoms with E-state index in [2.05, 4.69) is 10.3 Å². The number of halogens is 2. The quantitative estimate of drug-likeness (QED) is 0.575. The smallest absolute Gasteiger partial charge is 0.230 e. The molecule has 0 aliphatic rings. The van der Waals surface area contributed by atoms with Gasteiger partial charge in [-0.05, 0) is 23.8 Å². The number of methoxy groups -OCH3 is 3. The van der Waals surface area contributed by atoms with E-state index < -0.39 is 11.6 Å². The maximum Gasteiger partial charge on any atom is 0.230 e. The van der Waals surface area contributed by atoms with Gasteiger partial charge in [0.2, 0.25) is 11.7 Å². The van der Waals surface area contributed by atoms with Crippen LogP contribution < -0.4 is 19.5 Å². The van der Waals surface area contributed by atoms with Crippen molar-refractivity contribution < 1.29 is 27.8 Å². The number of hydrogen-bond acceptors (Lipinski definition) is 6. The molecule has 0 spiro atoms. The van der Waals surface area contributed by atoms with Crippen molar-refractivity contribution in [2.75, 3.05) is 26.6 Å². The Morgan fingerprint density at radius 2 is 1.80 bits per heavy atom. The molecule has 158 valence electrons. The molecular weight excluding hydrogens is 414 g/mol. The molecule has 1 N–H and O–H groups in total. The average molecular weight is 434 g/mol. The molecule has 0 saturated heterocycles. The molecule has 0 fully saturated rings. The van der Waals surface area contributed by atoms with Crippen LogP contribution in [0.2, 0.25) is 0 Å². The van der Waals surface area contributed by atoms with Gasteiger partial charge in [0.1, 0.15) is 0 Å². The van der Waals surface area contributed by atoms with Crippen LogP contribution >= 0.6 is 11.3 Å². The number of rotatable bonds is 8. The Hall–Kier alpha value is -3.20. The summed E-state index contributed by atoms with van der Waals surface area (Å²) in [6.07, 6.45) is 2.02. The molecule has 0 bridgehead atoms. The van der Waals surface area contributed by atoms with E-state index in [1.54, 1.807) is 18.3 Å². The van der Waals surface area contributed by atoms with Gasteiger partial charge in [-0.3, -0.25) is 4.79 Å². The van der Waals surface area contributed by atoms with E-state index >= 15 is 0 Å². The van der Waals surface area contributed by atoms with Crippen molar-refractivity contribution in [2.24, 2.45) is 0 Å². The highest BCUT2D eigenvalue weighted by atomic mass is 32.1. The van der Waals surface area contributed by atoms with Crippen LogP contribution in [-0.4, -0.2) is 32.2 Å². The average Bonchev–Trinajstić information content (AvgIpc) is 3.16. The first-order valence-electron chi connectivity index (χ1n) is 8.91. The molecule has 30 heavy (non-hydrogen) atoms. The molecule has 3 rings (SSSR count). The Bertz CT molecular complexity index is 1060. The second-order valence-electron chi connectivity index (χ2n) is 6.28. The maximum atomic E-state index is 13.4. The Kier molecular flexibility index (Phi) is 6.83. The summed E-state index contributed by atoms with van der Waals surface area (Å²) < 4.78 is 42.4. The van der Waals surface area contributed by atoms with Gasteiger partial charge < -0.3 is 19.5 Å². The maximum absolute atomic E-state index is 13.4. The lowest BCUT2D eigenvalue weighted by Gasteiger charge is -2.15. The van der Waals surface area contributed by atoms with E-state index in [0.717, 1.165) is 17.0 Å². The molecule has 1 heterocycles. The molecule has 6 nitrogen and oxygen atoms in total. The minimum Gasteiger partial charge on any atom is -0.493 e. The minimum absolute atomic E-state index is 0.0433. The Labute approximate surface area is 176 Å². The number of carbonyl (C=O) groups is 1. The van der Waals surface area contributed by atoms with Crippen LogP contribution in [0.5, 0.6) is 17.2 Å². The molecule has 0 unspecified atom stereocenters. The summed E-state index contributed by atoms with van der Waals surface area (Å²) in [6, 6.07) is 7.19. The van der Waals surface area contributed by atoms with Crippen molar-refractivity contribution in [1.82, 2.24) is 4.98 Å². The normalized spacial score (nSPS) is 10.6. The monoisotopic (exact) mass is 434 g/mol. The number of nitrogens with zero attached hydrogens (tertiary/aromatic N) is 1. The first kappa shape index (κ1) is 21.5. The number of carbonyl (C=O) groups excluding carboxylic acids is 1. The zero-order chi connectivity index (χ0) is 21.7. The van der Waals surface area contributed by atoms with Gasteiger partial charge in [-0.25, -0.2) is 13.8 Å². The molecule has 9 heteroatoms. The molecular formula is C21H20F2N2O4S. The van der Waals surface area contributed by atoms with Gasteiger partial charge in [-0.15, -0.1) is 11.3 Å². The molecule has 1 aromatic heterocycles. The van der Waals surface area contributed by atoms with Crippen molar-refractivity contribution in [3.63, 3.8) is 0 Å².